The molecule has 0 saturated carbocycles. The van der Waals surface area contributed by atoms with Crippen molar-refractivity contribution in [1.82, 2.24) is 0 Å². The Kier molecular flexibility index (Phi) is 12.5. The van der Waals surface area contributed by atoms with Gasteiger partial charge in [0.2, 0.25) is 0 Å². The summed E-state index contributed by atoms with van der Waals surface area (Å²) in [5, 5.41) is 0.671. The van der Waals surface area contributed by atoms with Gasteiger partial charge in [0.25, 0.3) is 0 Å². The standard InChI is InChI=1S/C33H39F3O5/c1-3-24-21-26(33(34,35)36)16-18-28(24)29-22-25-15-17-27(23-30(25)41-32(29)38)39-19-13-11-9-7-5-6-8-10-12-14-20-40-31(37)4-2/h4,15-18,21-23H,2-3,5-14,19-20H2,1H3. The van der Waals surface area contributed by atoms with Crippen molar-refractivity contribution in [1.29, 1.82) is 0 Å². The van der Waals surface area contributed by atoms with Crippen molar-refractivity contribution in [2.24, 2.45) is 0 Å². The minimum atomic E-state index is -4.44. The van der Waals surface area contributed by atoms with E-state index in [0.717, 1.165) is 50.7 Å². The maximum absolute atomic E-state index is 13.1. The quantitative estimate of drug-likeness (QED) is 0.0699. The number of halogens is 3. The van der Waals surface area contributed by atoms with Crippen LogP contribution in [-0.4, -0.2) is 19.2 Å². The molecule has 0 spiro atoms. The summed E-state index contributed by atoms with van der Waals surface area (Å²) in [7, 11) is 0. The molecular formula is C33H39F3O5. The Morgan fingerprint density at radius 2 is 1.49 bits per heavy atom. The van der Waals surface area contributed by atoms with Crippen LogP contribution in [-0.2, 0) is 22.1 Å². The topological polar surface area (TPSA) is 65.7 Å². The Labute approximate surface area is 239 Å². The van der Waals surface area contributed by atoms with Crippen LogP contribution >= 0.6 is 0 Å². The van der Waals surface area contributed by atoms with Crippen LogP contribution in [0.5, 0.6) is 5.75 Å². The minimum absolute atomic E-state index is 0.239. The van der Waals surface area contributed by atoms with Crippen molar-refractivity contribution >= 4 is 16.9 Å². The molecule has 2 aromatic carbocycles. The molecular weight excluding hydrogens is 533 g/mol. The number of rotatable bonds is 17. The number of fused-ring (bicyclic) bond motifs is 1. The lowest BCUT2D eigenvalue weighted by molar-refractivity contribution is -0.138. The first kappa shape index (κ1) is 32.0. The lowest BCUT2D eigenvalue weighted by atomic mass is 9.96. The summed E-state index contributed by atoms with van der Waals surface area (Å²) in [4.78, 5) is 23.7. The monoisotopic (exact) mass is 572 g/mol. The molecule has 0 N–H and O–H groups in total. The van der Waals surface area contributed by atoms with Gasteiger partial charge in [0.15, 0.2) is 0 Å². The fourth-order valence-electron chi connectivity index (χ4n) is 4.73. The van der Waals surface area contributed by atoms with E-state index in [9.17, 15) is 22.8 Å². The first-order chi connectivity index (χ1) is 19.7. The maximum Gasteiger partial charge on any atom is 0.416 e. The average molecular weight is 573 g/mol. The highest BCUT2D eigenvalue weighted by Gasteiger charge is 2.31. The van der Waals surface area contributed by atoms with Crippen molar-refractivity contribution in [3.05, 3.63) is 76.7 Å². The lowest BCUT2D eigenvalue weighted by Crippen LogP contribution is -2.08. The van der Waals surface area contributed by atoms with E-state index in [0.29, 0.717) is 47.5 Å². The lowest BCUT2D eigenvalue weighted by Gasteiger charge is -2.13. The van der Waals surface area contributed by atoms with Crippen LogP contribution in [0.2, 0.25) is 0 Å². The molecule has 0 radical (unpaired) electrons. The Morgan fingerprint density at radius 3 is 2.10 bits per heavy atom. The van der Waals surface area contributed by atoms with E-state index in [1.807, 2.05) is 6.07 Å². The van der Waals surface area contributed by atoms with Crippen LogP contribution in [0.25, 0.3) is 22.1 Å². The zero-order valence-corrected chi connectivity index (χ0v) is 23.7. The van der Waals surface area contributed by atoms with E-state index in [-0.39, 0.29) is 11.5 Å². The van der Waals surface area contributed by atoms with E-state index in [4.69, 9.17) is 13.9 Å². The summed E-state index contributed by atoms with van der Waals surface area (Å²) < 4.78 is 55.8. The van der Waals surface area contributed by atoms with Gasteiger partial charge in [0.05, 0.1) is 24.3 Å². The average Bonchev–Trinajstić information content (AvgIpc) is 2.95. The zero-order chi connectivity index (χ0) is 29.7. The number of hydrogen-bond acceptors (Lipinski definition) is 5. The van der Waals surface area contributed by atoms with Crippen LogP contribution < -0.4 is 10.4 Å². The number of esters is 1. The molecule has 0 atom stereocenters. The minimum Gasteiger partial charge on any atom is -0.493 e. The third-order valence-electron chi connectivity index (χ3n) is 7.03. The van der Waals surface area contributed by atoms with Crippen molar-refractivity contribution in [2.75, 3.05) is 13.2 Å². The highest BCUT2D eigenvalue weighted by atomic mass is 19.4. The number of benzene rings is 2. The molecule has 41 heavy (non-hydrogen) atoms. The molecule has 222 valence electrons. The first-order valence-corrected chi connectivity index (χ1v) is 14.4. The second-order valence-corrected chi connectivity index (χ2v) is 10.1. The van der Waals surface area contributed by atoms with Crippen LogP contribution in [0.1, 0.15) is 82.3 Å². The summed E-state index contributed by atoms with van der Waals surface area (Å²) in [6.45, 7) is 6.16. The Hall–Kier alpha value is -3.55. The van der Waals surface area contributed by atoms with Gasteiger partial charge in [-0.25, -0.2) is 9.59 Å². The molecule has 8 heteroatoms. The number of ether oxygens (including phenoxy) is 2. The molecule has 0 bridgehead atoms. The van der Waals surface area contributed by atoms with Gasteiger partial charge in [-0.15, -0.1) is 0 Å². The predicted octanol–water partition coefficient (Wildman–Crippen LogP) is 9.05. The van der Waals surface area contributed by atoms with Crippen LogP contribution in [0.4, 0.5) is 13.2 Å². The van der Waals surface area contributed by atoms with Crippen molar-refractivity contribution < 1.29 is 31.9 Å². The van der Waals surface area contributed by atoms with Gasteiger partial charge in [-0.05, 0) is 60.7 Å². The number of unbranched alkanes of at least 4 members (excludes halogenated alkanes) is 9. The van der Waals surface area contributed by atoms with E-state index in [2.05, 4.69) is 6.58 Å². The number of carbonyl (C=O) groups is 1. The number of alkyl halides is 3. The molecule has 0 saturated heterocycles. The molecule has 3 rings (SSSR count). The van der Waals surface area contributed by atoms with E-state index in [1.54, 1.807) is 25.1 Å². The molecule has 1 heterocycles. The van der Waals surface area contributed by atoms with E-state index >= 15 is 0 Å². The summed E-state index contributed by atoms with van der Waals surface area (Å²) >= 11 is 0. The Balaban J connectivity index is 1.39. The molecule has 0 amide bonds. The van der Waals surface area contributed by atoms with Gasteiger partial charge in [-0.3, -0.25) is 0 Å². The van der Waals surface area contributed by atoms with Crippen LogP contribution in [0.3, 0.4) is 0 Å². The second-order valence-electron chi connectivity index (χ2n) is 10.1. The highest BCUT2D eigenvalue weighted by molar-refractivity contribution is 5.83. The van der Waals surface area contributed by atoms with Gasteiger partial charge in [-0.1, -0.05) is 70.9 Å². The molecule has 1 aromatic heterocycles. The third-order valence-corrected chi connectivity index (χ3v) is 7.03. The Bertz CT molecular complexity index is 1340. The molecule has 5 nitrogen and oxygen atoms in total. The SMILES string of the molecule is C=CC(=O)OCCCCCCCCCCCCOc1ccc2cc(-c3ccc(C(F)(F)F)cc3CC)c(=O)oc2c1. The molecule has 3 aromatic rings. The highest BCUT2D eigenvalue weighted by Crippen LogP contribution is 2.34. The molecule has 0 aliphatic rings. The fraction of sp³-hybridized carbons (Fsp3) is 0.455. The first-order valence-electron chi connectivity index (χ1n) is 14.4. The normalized spacial score (nSPS) is 11.5. The van der Waals surface area contributed by atoms with Crippen LogP contribution in [0, 0.1) is 0 Å². The third kappa shape index (κ3) is 10.1. The van der Waals surface area contributed by atoms with Gasteiger partial charge in [0, 0.05) is 17.5 Å². The van der Waals surface area contributed by atoms with Gasteiger partial charge in [-0.2, -0.15) is 13.2 Å². The molecule has 0 fully saturated rings. The van der Waals surface area contributed by atoms with Crippen molar-refractivity contribution in [3.8, 4) is 16.9 Å². The Morgan fingerprint density at radius 1 is 0.854 bits per heavy atom. The smallest absolute Gasteiger partial charge is 0.416 e. The fourth-order valence-corrected chi connectivity index (χ4v) is 4.73. The van der Waals surface area contributed by atoms with Crippen molar-refractivity contribution in [3.63, 3.8) is 0 Å². The largest absolute Gasteiger partial charge is 0.493 e. The van der Waals surface area contributed by atoms with Gasteiger partial charge < -0.3 is 13.9 Å². The number of aryl methyl sites for hydroxylation is 1. The number of hydrogen-bond donors (Lipinski definition) is 0. The maximum atomic E-state index is 13.1. The predicted molar refractivity (Wildman–Crippen MR) is 155 cm³/mol. The van der Waals surface area contributed by atoms with Gasteiger partial charge >= 0.3 is 17.8 Å². The second kappa shape index (κ2) is 16.0. The molecule has 0 aliphatic carbocycles. The van der Waals surface area contributed by atoms with E-state index < -0.39 is 17.4 Å². The summed E-state index contributed by atoms with van der Waals surface area (Å²) in [6.07, 6.45) is 8.18. The zero-order valence-electron chi connectivity index (χ0n) is 23.7. The summed E-state index contributed by atoms with van der Waals surface area (Å²) in [6, 6.07) is 10.4. The summed E-state index contributed by atoms with van der Waals surface area (Å²) in [5.74, 6) is 0.249. The van der Waals surface area contributed by atoms with Crippen molar-refractivity contribution in [2.45, 2.75) is 83.7 Å². The van der Waals surface area contributed by atoms with Gasteiger partial charge in [0.1, 0.15) is 11.3 Å². The van der Waals surface area contributed by atoms with E-state index in [1.165, 1.54) is 37.8 Å². The number of carbonyl (C=O) groups excluding carboxylic acids is 1. The van der Waals surface area contributed by atoms with Crippen LogP contribution in [0.15, 0.2) is 64.3 Å². The summed E-state index contributed by atoms with van der Waals surface area (Å²) in [5.41, 5.74) is 0.159. The molecule has 0 unspecified atom stereocenters. The molecule has 0 aliphatic heterocycles.